The Balaban J connectivity index is 0.00000169. The summed E-state index contributed by atoms with van der Waals surface area (Å²) in [5, 5.41) is 3.98. The molecule has 2 N–H and O–H groups in total. The van der Waals surface area contributed by atoms with Gasteiger partial charge in [0.05, 0.1) is 13.0 Å². The molecule has 1 aliphatic heterocycles. The Morgan fingerprint density at radius 2 is 1.81 bits per heavy atom. The maximum atomic E-state index is 12.4. The first-order chi connectivity index (χ1) is 11.6. The highest BCUT2D eigenvalue weighted by molar-refractivity contribution is 5.85. The Morgan fingerprint density at radius 3 is 2.38 bits per heavy atom. The number of anilines is 1. The predicted octanol–water partition coefficient (Wildman–Crippen LogP) is 1.94. The second-order valence-electron chi connectivity index (χ2n) is 6.03. The molecule has 1 fully saturated rings. The smallest absolute Gasteiger partial charge is 0.227 e. The van der Waals surface area contributed by atoms with Crippen LogP contribution in [0.15, 0.2) is 28.8 Å². The van der Waals surface area contributed by atoms with E-state index in [-0.39, 0.29) is 30.7 Å². The van der Waals surface area contributed by atoms with Crippen LogP contribution in [0.4, 0.5) is 5.69 Å². The SMILES string of the molecule is CCc1nc(CN2CCN(C(=O)Cc3ccc(N)cc3)CC2)no1.Cl.Cl. The number of aryl methyl sites for hydroxylation is 1. The van der Waals surface area contributed by atoms with Gasteiger partial charge in [0.1, 0.15) is 0 Å². The van der Waals surface area contributed by atoms with Gasteiger partial charge >= 0.3 is 0 Å². The highest BCUT2D eigenvalue weighted by atomic mass is 35.5. The Kier molecular flexibility index (Phi) is 8.84. The van der Waals surface area contributed by atoms with Crippen molar-refractivity contribution >= 4 is 36.4 Å². The van der Waals surface area contributed by atoms with Crippen molar-refractivity contribution in [3.8, 4) is 0 Å². The van der Waals surface area contributed by atoms with Crippen molar-refractivity contribution in [2.24, 2.45) is 0 Å². The lowest BCUT2D eigenvalue weighted by molar-refractivity contribution is -0.132. The van der Waals surface area contributed by atoms with E-state index in [1.54, 1.807) is 0 Å². The lowest BCUT2D eigenvalue weighted by Gasteiger charge is -2.34. The van der Waals surface area contributed by atoms with Crippen molar-refractivity contribution in [3.63, 3.8) is 0 Å². The van der Waals surface area contributed by atoms with Crippen molar-refractivity contribution in [2.45, 2.75) is 26.3 Å². The summed E-state index contributed by atoms with van der Waals surface area (Å²) >= 11 is 0. The number of rotatable bonds is 5. The van der Waals surface area contributed by atoms with Gasteiger partial charge in [0.25, 0.3) is 0 Å². The van der Waals surface area contributed by atoms with E-state index in [1.165, 1.54) is 0 Å². The van der Waals surface area contributed by atoms with E-state index in [0.29, 0.717) is 30.4 Å². The van der Waals surface area contributed by atoms with Crippen LogP contribution in [-0.4, -0.2) is 52.0 Å². The Hall–Kier alpha value is -1.83. The molecule has 0 atom stereocenters. The molecule has 1 aromatic carbocycles. The third-order valence-electron chi connectivity index (χ3n) is 4.24. The molecule has 0 unspecified atom stereocenters. The first kappa shape index (κ1) is 22.2. The molecule has 0 aliphatic carbocycles. The van der Waals surface area contributed by atoms with Crippen molar-refractivity contribution in [3.05, 3.63) is 41.5 Å². The summed E-state index contributed by atoms with van der Waals surface area (Å²) in [5.74, 6) is 1.54. The summed E-state index contributed by atoms with van der Waals surface area (Å²) in [4.78, 5) is 20.9. The molecule has 1 saturated heterocycles. The summed E-state index contributed by atoms with van der Waals surface area (Å²) in [7, 11) is 0. The molecule has 2 heterocycles. The third-order valence-corrected chi connectivity index (χ3v) is 4.24. The second kappa shape index (κ2) is 10.4. The average Bonchev–Trinajstić information content (AvgIpc) is 3.05. The van der Waals surface area contributed by atoms with Crippen LogP contribution < -0.4 is 5.73 Å². The number of carbonyl (C=O) groups is 1. The molecule has 144 valence electrons. The number of amides is 1. The van der Waals surface area contributed by atoms with Crippen LogP contribution in [0.25, 0.3) is 0 Å². The molecule has 9 heteroatoms. The van der Waals surface area contributed by atoms with Crippen molar-refractivity contribution < 1.29 is 9.32 Å². The number of hydrogen-bond donors (Lipinski definition) is 1. The molecule has 1 aromatic heterocycles. The van der Waals surface area contributed by atoms with Gasteiger partial charge in [0, 0.05) is 38.3 Å². The van der Waals surface area contributed by atoms with Gasteiger partial charge in [0.2, 0.25) is 11.8 Å². The zero-order valence-corrected chi connectivity index (χ0v) is 16.4. The van der Waals surface area contributed by atoms with Crippen LogP contribution in [0.1, 0.15) is 24.2 Å². The molecule has 1 aliphatic rings. The van der Waals surface area contributed by atoms with Gasteiger partial charge in [0.15, 0.2) is 5.82 Å². The highest BCUT2D eigenvalue weighted by Crippen LogP contribution is 2.11. The minimum atomic E-state index is 0. The van der Waals surface area contributed by atoms with Crippen LogP contribution in [0.2, 0.25) is 0 Å². The summed E-state index contributed by atoms with van der Waals surface area (Å²) < 4.78 is 5.13. The Morgan fingerprint density at radius 1 is 1.15 bits per heavy atom. The van der Waals surface area contributed by atoms with Crippen LogP contribution >= 0.6 is 24.8 Å². The Labute approximate surface area is 165 Å². The van der Waals surface area contributed by atoms with E-state index < -0.39 is 0 Å². The van der Waals surface area contributed by atoms with E-state index in [9.17, 15) is 4.79 Å². The molecule has 0 spiro atoms. The highest BCUT2D eigenvalue weighted by Gasteiger charge is 2.22. The topological polar surface area (TPSA) is 88.5 Å². The van der Waals surface area contributed by atoms with E-state index in [4.69, 9.17) is 10.3 Å². The van der Waals surface area contributed by atoms with E-state index in [0.717, 1.165) is 38.2 Å². The van der Waals surface area contributed by atoms with E-state index in [1.807, 2.05) is 36.1 Å². The minimum Gasteiger partial charge on any atom is -0.399 e. The van der Waals surface area contributed by atoms with Gasteiger partial charge in [-0.2, -0.15) is 4.98 Å². The zero-order chi connectivity index (χ0) is 16.9. The third kappa shape index (κ3) is 5.86. The maximum Gasteiger partial charge on any atom is 0.227 e. The van der Waals surface area contributed by atoms with Crippen molar-refractivity contribution in [2.75, 3.05) is 31.9 Å². The zero-order valence-electron chi connectivity index (χ0n) is 14.8. The fourth-order valence-electron chi connectivity index (χ4n) is 2.78. The first-order valence-corrected chi connectivity index (χ1v) is 8.30. The van der Waals surface area contributed by atoms with Gasteiger partial charge in [-0.3, -0.25) is 9.69 Å². The molecule has 0 saturated carbocycles. The molecule has 1 amide bonds. The molecule has 2 aromatic rings. The normalized spacial score (nSPS) is 14.4. The van der Waals surface area contributed by atoms with E-state index in [2.05, 4.69) is 15.0 Å². The standard InChI is InChI=1S/C17H23N5O2.2ClH/c1-2-16-19-15(20-24-16)12-21-7-9-22(10-8-21)17(23)11-13-3-5-14(18)6-4-13;;/h3-6H,2,7-12,18H2,1H3;2*1H. The summed E-state index contributed by atoms with van der Waals surface area (Å²) in [5.41, 5.74) is 7.38. The quantitative estimate of drug-likeness (QED) is 0.770. The molecular formula is C17H25Cl2N5O2. The lowest BCUT2D eigenvalue weighted by atomic mass is 10.1. The van der Waals surface area contributed by atoms with Gasteiger partial charge in [-0.1, -0.05) is 24.2 Å². The number of hydrogen-bond acceptors (Lipinski definition) is 6. The van der Waals surface area contributed by atoms with Crippen molar-refractivity contribution in [1.29, 1.82) is 0 Å². The Bertz CT molecular complexity index is 685. The predicted molar refractivity (Wildman–Crippen MR) is 105 cm³/mol. The lowest BCUT2D eigenvalue weighted by Crippen LogP contribution is -2.48. The number of carbonyl (C=O) groups excluding carboxylic acids is 1. The van der Waals surface area contributed by atoms with Gasteiger partial charge in [-0.25, -0.2) is 0 Å². The maximum absolute atomic E-state index is 12.4. The van der Waals surface area contributed by atoms with Gasteiger partial charge in [-0.05, 0) is 17.7 Å². The van der Waals surface area contributed by atoms with Crippen LogP contribution in [0.5, 0.6) is 0 Å². The van der Waals surface area contributed by atoms with E-state index >= 15 is 0 Å². The fourth-order valence-corrected chi connectivity index (χ4v) is 2.78. The van der Waals surface area contributed by atoms with Gasteiger partial charge < -0.3 is 15.2 Å². The molecule has 0 radical (unpaired) electrons. The fraction of sp³-hybridized carbons (Fsp3) is 0.471. The molecule has 7 nitrogen and oxygen atoms in total. The van der Waals surface area contributed by atoms with Gasteiger partial charge in [-0.15, -0.1) is 24.8 Å². The summed E-state index contributed by atoms with van der Waals surface area (Å²) in [6.07, 6.45) is 1.17. The number of nitrogens with two attached hydrogens (primary N) is 1. The first-order valence-electron chi connectivity index (χ1n) is 8.30. The largest absolute Gasteiger partial charge is 0.399 e. The van der Waals surface area contributed by atoms with Crippen molar-refractivity contribution in [1.82, 2.24) is 19.9 Å². The molecule has 3 rings (SSSR count). The number of halogens is 2. The molecular weight excluding hydrogens is 377 g/mol. The average molecular weight is 402 g/mol. The monoisotopic (exact) mass is 401 g/mol. The summed E-state index contributed by atoms with van der Waals surface area (Å²) in [6, 6.07) is 7.47. The second-order valence-corrected chi connectivity index (χ2v) is 6.03. The van der Waals surface area contributed by atoms with Crippen LogP contribution in [0, 0.1) is 0 Å². The van der Waals surface area contributed by atoms with Crippen LogP contribution in [0.3, 0.4) is 0 Å². The minimum absolute atomic E-state index is 0. The molecule has 26 heavy (non-hydrogen) atoms. The van der Waals surface area contributed by atoms with Crippen LogP contribution in [-0.2, 0) is 24.2 Å². The number of benzene rings is 1. The number of aromatic nitrogens is 2. The summed E-state index contributed by atoms with van der Waals surface area (Å²) in [6.45, 7) is 5.76. The number of nitrogen functional groups attached to an aromatic ring is 1. The number of nitrogens with zero attached hydrogens (tertiary/aromatic N) is 4. The number of piperazine rings is 1. The molecule has 0 bridgehead atoms.